The maximum Gasteiger partial charge on any atom is 0.416 e. The van der Waals surface area contributed by atoms with E-state index < -0.39 is 78.7 Å². The molecule has 1 saturated heterocycles. The van der Waals surface area contributed by atoms with Gasteiger partial charge in [-0.25, -0.2) is 4.67 Å². The molecule has 43 heavy (non-hydrogen) atoms. The molecule has 0 unspecified atom stereocenters. The van der Waals surface area contributed by atoms with Gasteiger partial charge in [0.1, 0.15) is 0 Å². The van der Waals surface area contributed by atoms with Crippen LogP contribution in [-0.4, -0.2) is 23.9 Å². The fourth-order valence-electron chi connectivity index (χ4n) is 4.54. The van der Waals surface area contributed by atoms with Gasteiger partial charge in [0.25, 0.3) is 8.53 Å². The molecule has 1 heterocycles. The van der Waals surface area contributed by atoms with Crippen molar-refractivity contribution in [2.45, 2.75) is 82.7 Å². The van der Waals surface area contributed by atoms with Gasteiger partial charge in [0.15, 0.2) is 0 Å². The second-order valence-electron chi connectivity index (χ2n) is 10.2. The van der Waals surface area contributed by atoms with E-state index in [1.807, 2.05) is 0 Å². The van der Waals surface area contributed by atoms with Crippen LogP contribution >= 0.6 is 8.53 Å². The van der Waals surface area contributed by atoms with Gasteiger partial charge in [0.2, 0.25) is 0 Å². The minimum atomic E-state index is -5.33. The van der Waals surface area contributed by atoms with Gasteiger partial charge in [0.05, 0.1) is 41.5 Å². The Kier molecular flexibility index (Phi) is 11.1. The first-order valence-corrected chi connectivity index (χ1v) is 14.3. The molecule has 0 bridgehead atoms. The SMILES string of the molecule is CC(C)N(C(c1cc(C(F)(F)F)cc(C(F)(F)F)c1)c1cc(C(F)(F)F)cc(C(F)(F)F)c1)P1OCCCCCCCO1. The van der Waals surface area contributed by atoms with E-state index in [0.29, 0.717) is 37.1 Å². The lowest BCUT2D eigenvalue weighted by Crippen LogP contribution is -2.33. The molecule has 0 N–H and O–H groups in total. The van der Waals surface area contributed by atoms with Gasteiger partial charge >= 0.3 is 24.7 Å². The highest BCUT2D eigenvalue weighted by molar-refractivity contribution is 7.44. The third kappa shape index (κ3) is 9.45. The van der Waals surface area contributed by atoms with Gasteiger partial charge in [-0.15, -0.1) is 0 Å². The fourth-order valence-corrected chi connectivity index (χ4v) is 6.29. The largest absolute Gasteiger partial charge is 0.416 e. The zero-order valence-corrected chi connectivity index (χ0v) is 23.7. The lowest BCUT2D eigenvalue weighted by Gasteiger charge is -2.40. The van der Waals surface area contributed by atoms with Crippen molar-refractivity contribution < 1.29 is 61.7 Å². The molecule has 0 amide bonds. The highest BCUT2D eigenvalue weighted by atomic mass is 31.2. The first-order chi connectivity index (χ1) is 19.7. The zero-order chi connectivity index (χ0) is 32.4. The molecular weight excluding hydrogens is 629 g/mol. The van der Waals surface area contributed by atoms with Crippen LogP contribution in [0.1, 0.15) is 85.4 Å². The van der Waals surface area contributed by atoms with Crippen LogP contribution in [0.4, 0.5) is 52.7 Å². The number of alkyl halides is 12. The molecule has 3 rings (SSSR count). The fraction of sp³-hybridized carbons (Fsp3) is 0.556. The molecular formula is C27H28F12NO2P. The topological polar surface area (TPSA) is 21.7 Å². The Hall–Kier alpha value is -2.09. The number of halogens is 12. The van der Waals surface area contributed by atoms with Gasteiger partial charge in [-0.3, -0.25) is 0 Å². The summed E-state index contributed by atoms with van der Waals surface area (Å²) in [7, 11) is -2.38. The van der Waals surface area contributed by atoms with Crippen LogP contribution in [0, 0.1) is 0 Å². The van der Waals surface area contributed by atoms with Gasteiger partial charge in [0, 0.05) is 6.04 Å². The summed E-state index contributed by atoms with van der Waals surface area (Å²) in [6.07, 6.45) is -18.0. The van der Waals surface area contributed by atoms with Crippen LogP contribution < -0.4 is 0 Å². The second kappa shape index (κ2) is 13.5. The van der Waals surface area contributed by atoms with Gasteiger partial charge in [-0.2, -0.15) is 52.7 Å². The van der Waals surface area contributed by atoms with Crippen molar-refractivity contribution in [2.75, 3.05) is 13.2 Å². The molecule has 2 aromatic carbocycles. The number of nitrogens with zero attached hydrogens (tertiary/aromatic N) is 1. The van der Waals surface area contributed by atoms with Crippen LogP contribution in [0.25, 0.3) is 0 Å². The summed E-state index contributed by atoms with van der Waals surface area (Å²) >= 11 is 0. The molecule has 0 aromatic heterocycles. The Bertz CT molecular complexity index is 1070. The summed E-state index contributed by atoms with van der Waals surface area (Å²) in [6, 6.07) is -2.07. The Morgan fingerprint density at radius 2 is 0.837 bits per heavy atom. The molecule has 1 fully saturated rings. The van der Waals surface area contributed by atoms with Gasteiger partial charge < -0.3 is 9.05 Å². The van der Waals surface area contributed by atoms with Crippen molar-refractivity contribution in [2.24, 2.45) is 0 Å². The quantitative estimate of drug-likeness (QED) is 0.236. The maximum absolute atomic E-state index is 13.8. The normalized spacial score (nSPS) is 17.2. The first kappa shape index (κ1) is 35.4. The summed E-state index contributed by atoms with van der Waals surface area (Å²) < 4.78 is 179. The summed E-state index contributed by atoms with van der Waals surface area (Å²) in [5, 5.41) is 0. The smallest absolute Gasteiger partial charge is 0.322 e. The number of hydrogen-bond acceptors (Lipinski definition) is 3. The van der Waals surface area contributed by atoms with Crippen molar-refractivity contribution in [1.29, 1.82) is 0 Å². The summed E-state index contributed by atoms with van der Waals surface area (Å²) in [5.41, 5.74) is -8.81. The van der Waals surface area contributed by atoms with Crippen molar-refractivity contribution in [3.8, 4) is 0 Å². The number of rotatable bonds is 5. The molecule has 1 aliphatic rings. The Morgan fingerprint density at radius 3 is 1.12 bits per heavy atom. The minimum absolute atomic E-state index is 0.0361. The molecule has 0 spiro atoms. The maximum atomic E-state index is 13.8. The molecule has 2 aromatic rings. The Morgan fingerprint density at radius 1 is 0.535 bits per heavy atom. The number of benzene rings is 2. The standard InChI is InChI=1S/C27H28F12NO2P/c1-16(2)40(43-41-8-6-4-3-5-7-9-42-43)23(17-10-19(24(28,29)30)14-20(11-17)25(31,32)33)18-12-21(26(34,35)36)15-22(13-18)27(37,38)39/h10-16,23H,3-9H2,1-2H3. The van der Waals surface area contributed by atoms with Crippen molar-refractivity contribution >= 4 is 8.53 Å². The molecule has 0 atom stereocenters. The van der Waals surface area contributed by atoms with E-state index in [2.05, 4.69) is 0 Å². The highest BCUT2D eigenvalue weighted by Gasteiger charge is 2.43. The highest BCUT2D eigenvalue weighted by Crippen LogP contribution is 2.54. The third-order valence-corrected chi connectivity index (χ3v) is 8.40. The summed E-state index contributed by atoms with van der Waals surface area (Å²) in [4.78, 5) is 0. The minimum Gasteiger partial charge on any atom is -0.322 e. The van der Waals surface area contributed by atoms with E-state index >= 15 is 0 Å². The van der Waals surface area contributed by atoms with Crippen molar-refractivity contribution in [3.05, 3.63) is 69.8 Å². The summed E-state index contributed by atoms with van der Waals surface area (Å²) in [5.74, 6) is 0. The molecule has 1 aliphatic heterocycles. The molecule has 16 heteroatoms. The van der Waals surface area contributed by atoms with E-state index in [-0.39, 0.29) is 25.3 Å². The van der Waals surface area contributed by atoms with Crippen LogP contribution in [0.15, 0.2) is 36.4 Å². The van der Waals surface area contributed by atoms with Crippen LogP contribution in [0.3, 0.4) is 0 Å². The second-order valence-corrected chi connectivity index (χ2v) is 11.7. The molecule has 242 valence electrons. The van der Waals surface area contributed by atoms with Crippen molar-refractivity contribution in [1.82, 2.24) is 4.67 Å². The summed E-state index contributed by atoms with van der Waals surface area (Å²) in [6.45, 7) is 2.93. The lowest BCUT2D eigenvalue weighted by molar-refractivity contribution is -0.144. The zero-order valence-electron chi connectivity index (χ0n) is 22.8. The van der Waals surface area contributed by atoms with E-state index in [1.54, 1.807) is 0 Å². The van der Waals surface area contributed by atoms with Gasteiger partial charge in [-0.1, -0.05) is 19.3 Å². The van der Waals surface area contributed by atoms with E-state index in [1.165, 1.54) is 13.8 Å². The van der Waals surface area contributed by atoms with Crippen molar-refractivity contribution in [3.63, 3.8) is 0 Å². The predicted octanol–water partition coefficient (Wildman–Crippen LogP) is 10.8. The predicted molar refractivity (Wildman–Crippen MR) is 134 cm³/mol. The average Bonchev–Trinajstić information content (AvgIpc) is 2.87. The molecule has 0 radical (unpaired) electrons. The lowest BCUT2D eigenvalue weighted by atomic mass is 9.91. The van der Waals surface area contributed by atoms with Gasteiger partial charge in [-0.05, 0) is 74.2 Å². The first-order valence-electron chi connectivity index (χ1n) is 13.1. The van der Waals surface area contributed by atoms with E-state index in [4.69, 9.17) is 9.05 Å². The molecule has 3 nitrogen and oxygen atoms in total. The van der Waals surface area contributed by atoms with E-state index in [9.17, 15) is 52.7 Å². The monoisotopic (exact) mass is 657 g/mol. The van der Waals surface area contributed by atoms with Crippen LogP contribution in [-0.2, 0) is 33.8 Å². The third-order valence-electron chi connectivity index (χ3n) is 6.53. The molecule has 0 saturated carbocycles. The van der Waals surface area contributed by atoms with E-state index in [0.717, 1.165) is 23.9 Å². The molecule has 0 aliphatic carbocycles. The van der Waals surface area contributed by atoms with Crippen LogP contribution in [0.2, 0.25) is 0 Å². The average molecular weight is 657 g/mol. The Labute approximate surface area is 241 Å². The van der Waals surface area contributed by atoms with Crippen LogP contribution in [0.5, 0.6) is 0 Å². The number of hydrogen-bond donors (Lipinski definition) is 0. The Balaban J connectivity index is 2.40.